The molecule has 2 rings (SSSR count). The van der Waals surface area contributed by atoms with E-state index >= 15 is 0 Å². The Balaban J connectivity index is 1.97. The minimum Gasteiger partial charge on any atom is -0.389 e. The Kier molecular flexibility index (Phi) is 3.93. The molecule has 96 valence electrons. The molecule has 0 aliphatic carbocycles. The smallest absolute Gasteiger partial charge is 0.236 e. The number of carbonyl (C=O) groups is 1. The van der Waals surface area contributed by atoms with Gasteiger partial charge >= 0.3 is 0 Å². The number of nitrogens with two attached hydrogens (primary N) is 1. The number of likely N-dealkylation sites (N-methyl/N-ethyl adjacent to an activating group) is 1. The largest absolute Gasteiger partial charge is 0.389 e. The molecule has 0 radical (unpaired) electrons. The summed E-state index contributed by atoms with van der Waals surface area (Å²) in [5, 5.41) is 0. The van der Waals surface area contributed by atoms with Gasteiger partial charge in [-0.2, -0.15) is 0 Å². The average molecular weight is 263 g/mol. The van der Waals surface area contributed by atoms with Gasteiger partial charge in [-0.25, -0.2) is 0 Å². The van der Waals surface area contributed by atoms with Crippen molar-refractivity contribution in [2.75, 3.05) is 26.7 Å². The van der Waals surface area contributed by atoms with Crippen molar-refractivity contribution in [2.24, 2.45) is 5.73 Å². The van der Waals surface area contributed by atoms with Gasteiger partial charge in [-0.1, -0.05) is 36.5 Å². The summed E-state index contributed by atoms with van der Waals surface area (Å²) in [6, 6.07) is 7.87. The zero-order chi connectivity index (χ0) is 13.1. The SMILES string of the molecule is CN1CCN(Cc2ccc(C(N)=S)cc2)CC1=O. The van der Waals surface area contributed by atoms with Gasteiger partial charge in [0.2, 0.25) is 5.91 Å². The summed E-state index contributed by atoms with van der Waals surface area (Å²) < 4.78 is 0. The Morgan fingerprint density at radius 2 is 2.00 bits per heavy atom. The fraction of sp³-hybridized carbons (Fsp3) is 0.385. The lowest BCUT2D eigenvalue weighted by molar-refractivity contribution is -0.134. The first-order chi connectivity index (χ1) is 8.56. The van der Waals surface area contributed by atoms with Crippen molar-refractivity contribution in [1.29, 1.82) is 0 Å². The Bertz CT molecular complexity index is 458. The number of rotatable bonds is 3. The second-order valence-electron chi connectivity index (χ2n) is 4.59. The highest BCUT2D eigenvalue weighted by Gasteiger charge is 2.20. The van der Waals surface area contributed by atoms with Crippen molar-refractivity contribution >= 4 is 23.1 Å². The fourth-order valence-corrected chi connectivity index (χ4v) is 2.11. The molecular weight excluding hydrogens is 246 g/mol. The summed E-state index contributed by atoms with van der Waals surface area (Å²) >= 11 is 4.91. The Morgan fingerprint density at radius 3 is 2.56 bits per heavy atom. The third-order valence-corrected chi connectivity index (χ3v) is 3.42. The first kappa shape index (κ1) is 13.0. The molecule has 1 aliphatic heterocycles. The predicted molar refractivity (Wildman–Crippen MR) is 75.2 cm³/mol. The van der Waals surface area contributed by atoms with Gasteiger partial charge in [0.25, 0.3) is 0 Å². The van der Waals surface area contributed by atoms with Crippen molar-refractivity contribution < 1.29 is 4.79 Å². The molecule has 1 saturated heterocycles. The molecule has 0 unspecified atom stereocenters. The lowest BCUT2D eigenvalue weighted by Gasteiger charge is -2.31. The molecule has 1 aromatic carbocycles. The summed E-state index contributed by atoms with van der Waals surface area (Å²) in [5.74, 6) is 0.181. The lowest BCUT2D eigenvalue weighted by atomic mass is 10.1. The van der Waals surface area contributed by atoms with Gasteiger partial charge in [-0.15, -0.1) is 0 Å². The van der Waals surface area contributed by atoms with Crippen LogP contribution in [0.2, 0.25) is 0 Å². The highest BCUT2D eigenvalue weighted by molar-refractivity contribution is 7.80. The van der Waals surface area contributed by atoms with Crippen molar-refractivity contribution in [1.82, 2.24) is 9.80 Å². The molecule has 1 amide bonds. The maximum Gasteiger partial charge on any atom is 0.236 e. The van der Waals surface area contributed by atoms with Crippen LogP contribution in [0.25, 0.3) is 0 Å². The van der Waals surface area contributed by atoms with E-state index in [2.05, 4.69) is 4.90 Å². The number of nitrogens with zero attached hydrogens (tertiary/aromatic N) is 2. The van der Waals surface area contributed by atoms with Gasteiger partial charge in [-0.05, 0) is 5.56 Å². The van der Waals surface area contributed by atoms with Crippen molar-refractivity contribution in [3.8, 4) is 0 Å². The summed E-state index contributed by atoms with van der Waals surface area (Å²) in [6.07, 6.45) is 0. The van der Waals surface area contributed by atoms with E-state index in [4.69, 9.17) is 18.0 Å². The molecule has 0 atom stereocenters. The number of carbonyl (C=O) groups excluding carboxylic acids is 1. The van der Waals surface area contributed by atoms with Crippen LogP contribution >= 0.6 is 12.2 Å². The maximum atomic E-state index is 11.6. The van der Waals surface area contributed by atoms with Crippen LogP contribution in [0.3, 0.4) is 0 Å². The highest BCUT2D eigenvalue weighted by Crippen LogP contribution is 2.10. The van der Waals surface area contributed by atoms with Gasteiger partial charge in [0, 0.05) is 32.2 Å². The molecule has 1 fully saturated rings. The van der Waals surface area contributed by atoms with Crippen molar-refractivity contribution in [3.05, 3.63) is 35.4 Å². The zero-order valence-electron chi connectivity index (χ0n) is 10.4. The monoisotopic (exact) mass is 263 g/mol. The van der Waals surface area contributed by atoms with E-state index in [-0.39, 0.29) is 5.91 Å². The fourth-order valence-electron chi connectivity index (χ4n) is 1.97. The summed E-state index contributed by atoms with van der Waals surface area (Å²) in [5.41, 5.74) is 7.60. The highest BCUT2D eigenvalue weighted by atomic mass is 32.1. The van der Waals surface area contributed by atoms with E-state index in [0.717, 1.165) is 25.2 Å². The first-order valence-electron chi connectivity index (χ1n) is 5.91. The number of hydrogen-bond acceptors (Lipinski definition) is 3. The van der Waals surface area contributed by atoms with Crippen molar-refractivity contribution in [2.45, 2.75) is 6.54 Å². The molecule has 0 spiro atoms. The van der Waals surface area contributed by atoms with Crippen LogP contribution in [-0.4, -0.2) is 47.4 Å². The zero-order valence-corrected chi connectivity index (χ0v) is 11.2. The van der Waals surface area contributed by atoms with Crippen LogP contribution in [0, 0.1) is 0 Å². The normalized spacial score (nSPS) is 16.9. The number of piperazine rings is 1. The Morgan fingerprint density at radius 1 is 1.33 bits per heavy atom. The van der Waals surface area contributed by atoms with E-state index in [0.29, 0.717) is 11.5 Å². The van der Waals surface area contributed by atoms with E-state index in [1.165, 1.54) is 5.56 Å². The van der Waals surface area contributed by atoms with Gasteiger partial charge in [0.15, 0.2) is 0 Å². The molecule has 2 N–H and O–H groups in total. The molecule has 1 aromatic rings. The van der Waals surface area contributed by atoms with Crippen LogP contribution in [0.1, 0.15) is 11.1 Å². The van der Waals surface area contributed by atoms with Crippen LogP contribution in [0.15, 0.2) is 24.3 Å². The van der Waals surface area contributed by atoms with Crippen LogP contribution in [-0.2, 0) is 11.3 Å². The summed E-state index contributed by atoms with van der Waals surface area (Å²) in [4.78, 5) is 15.9. The molecule has 0 aromatic heterocycles. The van der Waals surface area contributed by atoms with Crippen LogP contribution in [0.5, 0.6) is 0 Å². The lowest BCUT2D eigenvalue weighted by Crippen LogP contribution is -2.47. The summed E-state index contributed by atoms with van der Waals surface area (Å²) in [6.45, 7) is 2.99. The number of amides is 1. The second kappa shape index (κ2) is 5.46. The molecule has 1 heterocycles. The van der Waals surface area contributed by atoms with Crippen molar-refractivity contribution in [3.63, 3.8) is 0 Å². The Hall–Kier alpha value is -1.46. The standard InChI is InChI=1S/C13H17N3OS/c1-15-6-7-16(9-12(15)17)8-10-2-4-11(5-3-10)13(14)18/h2-5H,6-9H2,1H3,(H2,14,18). The molecule has 18 heavy (non-hydrogen) atoms. The molecule has 5 heteroatoms. The third kappa shape index (κ3) is 3.05. The Labute approximate surface area is 112 Å². The third-order valence-electron chi connectivity index (χ3n) is 3.18. The molecule has 1 aliphatic rings. The molecule has 4 nitrogen and oxygen atoms in total. The molecule has 0 saturated carbocycles. The molecular formula is C13H17N3OS. The quantitative estimate of drug-likeness (QED) is 0.811. The number of hydrogen-bond donors (Lipinski definition) is 1. The van der Waals surface area contributed by atoms with Gasteiger partial charge < -0.3 is 10.6 Å². The minimum atomic E-state index is 0.181. The van der Waals surface area contributed by atoms with Gasteiger partial charge in [-0.3, -0.25) is 9.69 Å². The van der Waals surface area contributed by atoms with Crippen LogP contribution in [0.4, 0.5) is 0 Å². The summed E-state index contributed by atoms with van der Waals surface area (Å²) in [7, 11) is 1.84. The minimum absolute atomic E-state index is 0.181. The first-order valence-corrected chi connectivity index (χ1v) is 6.32. The van der Waals surface area contributed by atoms with Crippen LogP contribution < -0.4 is 5.73 Å². The molecule has 0 bridgehead atoms. The van der Waals surface area contributed by atoms with Gasteiger partial charge in [0.1, 0.15) is 4.99 Å². The van der Waals surface area contributed by atoms with E-state index in [9.17, 15) is 4.79 Å². The van der Waals surface area contributed by atoms with E-state index in [1.807, 2.05) is 31.3 Å². The topological polar surface area (TPSA) is 49.6 Å². The van der Waals surface area contributed by atoms with E-state index in [1.54, 1.807) is 4.90 Å². The second-order valence-corrected chi connectivity index (χ2v) is 5.03. The van der Waals surface area contributed by atoms with Gasteiger partial charge in [0.05, 0.1) is 6.54 Å². The number of thiocarbonyl (C=S) groups is 1. The van der Waals surface area contributed by atoms with E-state index < -0.39 is 0 Å². The predicted octanol–water partition coefficient (Wildman–Crippen LogP) is 0.595. The average Bonchev–Trinajstić information content (AvgIpc) is 2.34. The number of benzene rings is 1. The maximum absolute atomic E-state index is 11.6.